The first kappa shape index (κ1) is 24.9. The van der Waals surface area contributed by atoms with Gasteiger partial charge in [0.2, 0.25) is 11.7 Å². The van der Waals surface area contributed by atoms with E-state index in [1.807, 2.05) is 30.3 Å². The van der Waals surface area contributed by atoms with Crippen molar-refractivity contribution in [2.45, 2.75) is 51.8 Å². The molecule has 2 heterocycles. The Bertz CT molecular complexity index is 1020. The molecule has 2 unspecified atom stereocenters. The van der Waals surface area contributed by atoms with Crippen LogP contribution in [0.4, 0.5) is 4.79 Å². The van der Waals surface area contributed by atoms with Gasteiger partial charge in [-0.25, -0.2) is 4.79 Å². The highest BCUT2D eigenvalue weighted by Crippen LogP contribution is 2.14. The van der Waals surface area contributed by atoms with Crippen LogP contribution in [0.25, 0.3) is 0 Å². The van der Waals surface area contributed by atoms with Crippen LogP contribution < -0.4 is 16.0 Å². The van der Waals surface area contributed by atoms with Crippen molar-refractivity contribution in [3.8, 4) is 0 Å². The van der Waals surface area contributed by atoms with E-state index >= 15 is 0 Å². The molecular formula is C25H30N4O5. The van der Waals surface area contributed by atoms with E-state index in [9.17, 15) is 19.2 Å². The lowest BCUT2D eigenvalue weighted by Crippen LogP contribution is -2.56. The summed E-state index contributed by atoms with van der Waals surface area (Å²) in [5.41, 5.74) is 2.63. The summed E-state index contributed by atoms with van der Waals surface area (Å²) in [5.74, 6) is -2.32. The summed E-state index contributed by atoms with van der Waals surface area (Å²) in [7, 11) is 0. The number of pyridine rings is 1. The summed E-state index contributed by atoms with van der Waals surface area (Å²) in [4.78, 5) is 54.7. The average Bonchev–Trinajstić information content (AvgIpc) is 2.83. The summed E-state index contributed by atoms with van der Waals surface area (Å²) in [6, 6.07) is 8.94. The van der Waals surface area contributed by atoms with Crippen LogP contribution in [0.3, 0.4) is 0 Å². The van der Waals surface area contributed by atoms with Crippen molar-refractivity contribution in [3.05, 3.63) is 65.5 Å². The molecule has 2 aromatic rings. The van der Waals surface area contributed by atoms with E-state index in [4.69, 9.17) is 4.74 Å². The topological polar surface area (TPSA) is 126 Å². The first-order valence-electron chi connectivity index (χ1n) is 11.4. The summed E-state index contributed by atoms with van der Waals surface area (Å²) in [6.07, 6.45) is 4.14. The van der Waals surface area contributed by atoms with E-state index in [0.29, 0.717) is 19.4 Å². The van der Waals surface area contributed by atoms with Crippen molar-refractivity contribution in [2.75, 3.05) is 6.54 Å². The van der Waals surface area contributed by atoms with Crippen molar-refractivity contribution in [3.63, 3.8) is 0 Å². The minimum atomic E-state index is -1.07. The maximum absolute atomic E-state index is 13.1. The lowest BCUT2D eigenvalue weighted by atomic mass is 9.95. The number of carbonyl (C=O) groups excluding carboxylic acids is 4. The number of amides is 3. The van der Waals surface area contributed by atoms with E-state index in [1.165, 1.54) is 0 Å². The van der Waals surface area contributed by atoms with E-state index in [0.717, 1.165) is 16.7 Å². The van der Waals surface area contributed by atoms with Crippen LogP contribution in [-0.2, 0) is 38.6 Å². The number of alkyl carbamates (subject to hydrolysis) is 1. The minimum absolute atomic E-state index is 0.0607. The van der Waals surface area contributed by atoms with Gasteiger partial charge in [-0.15, -0.1) is 0 Å². The fourth-order valence-corrected chi connectivity index (χ4v) is 3.72. The van der Waals surface area contributed by atoms with Crippen LogP contribution >= 0.6 is 0 Å². The quantitative estimate of drug-likeness (QED) is 0.556. The van der Waals surface area contributed by atoms with Crippen LogP contribution in [-0.4, -0.2) is 47.3 Å². The molecule has 3 N–H and O–H groups in total. The molecule has 34 heavy (non-hydrogen) atoms. The number of ketones is 1. The highest BCUT2D eigenvalue weighted by atomic mass is 16.5. The normalized spacial score (nSPS) is 17.2. The number of aryl methyl sites for hydroxylation is 1. The Labute approximate surface area is 198 Å². The maximum Gasteiger partial charge on any atom is 0.408 e. The van der Waals surface area contributed by atoms with Gasteiger partial charge in [0.1, 0.15) is 18.7 Å². The molecule has 0 saturated heterocycles. The molecule has 1 aliphatic heterocycles. The third-order valence-electron chi connectivity index (χ3n) is 5.63. The summed E-state index contributed by atoms with van der Waals surface area (Å²) in [5, 5.41) is 7.86. The number of benzene rings is 1. The fraction of sp³-hybridized carbons (Fsp3) is 0.400. The Balaban J connectivity index is 1.70. The van der Waals surface area contributed by atoms with Gasteiger partial charge in [-0.1, -0.05) is 44.2 Å². The fourth-order valence-electron chi connectivity index (χ4n) is 3.72. The molecule has 3 rings (SSSR count). The summed E-state index contributed by atoms with van der Waals surface area (Å²) in [6.45, 7) is 3.95. The molecule has 2 atom stereocenters. The lowest BCUT2D eigenvalue weighted by Gasteiger charge is -2.25. The Kier molecular flexibility index (Phi) is 8.73. The summed E-state index contributed by atoms with van der Waals surface area (Å²) < 4.78 is 5.23. The van der Waals surface area contributed by atoms with Gasteiger partial charge in [0.05, 0.1) is 0 Å². The van der Waals surface area contributed by atoms with Gasteiger partial charge in [-0.3, -0.25) is 19.4 Å². The molecule has 0 spiro atoms. The number of Topliss-reactive ketones (excluding diaryl/α,β-unsaturated/α-hetero) is 1. The second kappa shape index (κ2) is 11.9. The van der Waals surface area contributed by atoms with Crippen LogP contribution in [0.2, 0.25) is 0 Å². The number of ether oxygens (including phenoxy) is 1. The van der Waals surface area contributed by atoms with Crippen LogP contribution in [0.5, 0.6) is 0 Å². The molecule has 0 radical (unpaired) electrons. The Hall–Kier alpha value is -3.75. The zero-order chi connectivity index (χ0) is 24.5. The van der Waals surface area contributed by atoms with Crippen LogP contribution in [0.15, 0.2) is 48.8 Å². The zero-order valence-electron chi connectivity index (χ0n) is 19.4. The van der Waals surface area contributed by atoms with Crippen molar-refractivity contribution in [2.24, 2.45) is 5.92 Å². The molecular weight excluding hydrogens is 436 g/mol. The van der Waals surface area contributed by atoms with Gasteiger partial charge in [-0.2, -0.15) is 0 Å². The van der Waals surface area contributed by atoms with Crippen molar-refractivity contribution in [1.82, 2.24) is 20.9 Å². The van der Waals surface area contributed by atoms with E-state index < -0.39 is 35.8 Å². The molecule has 0 fully saturated rings. The third kappa shape index (κ3) is 6.87. The number of aromatic nitrogens is 1. The van der Waals surface area contributed by atoms with Gasteiger partial charge in [-0.05, 0) is 41.5 Å². The standard InChI is InChI=1S/C25H30N4O5/c1-16(2)21(29-25(33)34-15-17-7-4-3-5-8-17)23(31)28-20-13-18-10-12-26-14-19(18)9-6-11-27-24(32)22(20)30/h3-5,7-8,10,12,14,16,20-21H,6,9,11,13,15H2,1-2H3,(H,27,32)(H,28,31)(H,29,33). The Morgan fingerprint density at radius 1 is 1.15 bits per heavy atom. The van der Waals surface area contributed by atoms with Crippen molar-refractivity contribution >= 4 is 23.7 Å². The molecule has 1 aromatic carbocycles. The highest BCUT2D eigenvalue weighted by Gasteiger charge is 2.32. The highest BCUT2D eigenvalue weighted by molar-refractivity contribution is 6.38. The van der Waals surface area contributed by atoms with Crippen molar-refractivity contribution in [1.29, 1.82) is 0 Å². The molecule has 0 bridgehead atoms. The van der Waals surface area contributed by atoms with Crippen molar-refractivity contribution < 1.29 is 23.9 Å². The molecule has 0 aliphatic carbocycles. The smallest absolute Gasteiger partial charge is 0.408 e. The van der Waals surface area contributed by atoms with Crippen LogP contribution in [0, 0.1) is 5.92 Å². The van der Waals surface area contributed by atoms with Gasteiger partial charge in [0.15, 0.2) is 0 Å². The second-order valence-corrected chi connectivity index (χ2v) is 8.56. The average molecular weight is 467 g/mol. The lowest BCUT2D eigenvalue weighted by molar-refractivity contribution is -0.140. The number of nitrogens with zero attached hydrogens (tertiary/aromatic N) is 1. The maximum atomic E-state index is 13.1. The van der Waals surface area contributed by atoms with Gasteiger partial charge in [0, 0.05) is 25.4 Å². The predicted molar refractivity (Wildman–Crippen MR) is 125 cm³/mol. The largest absolute Gasteiger partial charge is 0.445 e. The first-order valence-corrected chi connectivity index (χ1v) is 11.4. The number of hydrogen-bond donors (Lipinski definition) is 3. The molecule has 3 amide bonds. The SMILES string of the molecule is CC(C)C(NC(=O)OCc1ccccc1)C(=O)NC1Cc2ccncc2CCCNC(=O)C1=O. The van der Waals surface area contributed by atoms with E-state index in [1.54, 1.807) is 32.3 Å². The van der Waals surface area contributed by atoms with Crippen LogP contribution in [0.1, 0.15) is 37.0 Å². The molecule has 9 nitrogen and oxygen atoms in total. The minimum Gasteiger partial charge on any atom is -0.445 e. The van der Waals surface area contributed by atoms with Gasteiger partial charge >= 0.3 is 6.09 Å². The van der Waals surface area contributed by atoms with Gasteiger partial charge in [0.25, 0.3) is 5.91 Å². The summed E-state index contributed by atoms with van der Waals surface area (Å²) >= 11 is 0. The van der Waals surface area contributed by atoms with Gasteiger partial charge < -0.3 is 20.7 Å². The molecule has 9 heteroatoms. The number of carbonyl (C=O) groups is 4. The third-order valence-corrected chi connectivity index (χ3v) is 5.63. The molecule has 0 saturated carbocycles. The number of nitrogens with one attached hydrogen (secondary N) is 3. The van der Waals surface area contributed by atoms with E-state index in [2.05, 4.69) is 20.9 Å². The molecule has 1 aromatic heterocycles. The monoisotopic (exact) mass is 466 g/mol. The first-order chi connectivity index (χ1) is 16.3. The predicted octanol–water partition coefficient (Wildman–Crippen LogP) is 1.69. The zero-order valence-corrected chi connectivity index (χ0v) is 19.4. The Morgan fingerprint density at radius 2 is 1.91 bits per heavy atom. The Morgan fingerprint density at radius 3 is 2.65 bits per heavy atom. The molecule has 180 valence electrons. The number of fused-ring (bicyclic) bond motifs is 1. The second-order valence-electron chi connectivity index (χ2n) is 8.56. The number of hydrogen-bond acceptors (Lipinski definition) is 6. The molecule has 1 aliphatic rings. The van der Waals surface area contributed by atoms with E-state index in [-0.39, 0.29) is 18.9 Å². The number of rotatable bonds is 6.